The van der Waals surface area contributed by atoms with E-state index in [1.54, 1.807) is 0 Å². The van der Waals surface area contributed by atoms with Crippen molar-refractivity contribution in [1.29, 1.82) is 0 Å². The second-order valence-corrected chi connectivity index (χ2v) is 5.36. The van der Waals surface area contributed by atoms with Crippen molar-refractivity contribution in [3.05, 3.63) is 23.5 Å². The molecule has 1 N–H and O–H groups in total. The average molecular weight is 302 g/mol. The number of nitrogens with zero attached hydrogens (tertiary/aromatic N) is 3. The highest BCUT2D eigenvalue weighted by molar-refractivity contribution is 5.54. The summed E-state index contributed by atoms with van der Waals surface area (Å²) in [6, 6.07) is 2.01. The summed E-state index contributed by atoms with van der Waals surface area (Å²) in [5.74, 6) is 0. The Morgan fingerprint density at radius 2 is 1.90 bits per heavy atom. The van der Waals surface area contributed by atoms with Gasteiger partial charge in [-0.15, -0.1) is 0 Å². The molecule has 0 unspecified atom stereocenters. The third kappa shape index (κ3) is 4.57. The second kappa shape index (κ2) is 6.62. The number of anilines is 1. The van der Waals surface area contributed by atoms with Gasteiger partial charge in [-0.3, -0.25) is 9.88 Å². The fourth-order valence-electron chi connectivity index (χ4n) is 2.60. The van der Waals surface area contributed by atoms with Gasteiger partial charge >= 0.3 is 6.18 Å². The minimum absolute atomic E-state index is 0.430. The Hall–Kier alpha value is -1.34. The molecule has 1 aliphatic rings. The van der Waals surface area contributed by atoms with Crippen molar-refractivity contribution >= 4 is 5.69 Å². The van der Waals surface area contributed by atoms with E-state index >= 15 is 0 Å². The van der Waals surface area contributed by atoms with Gasteiger partial charge in [-0.05, 0) is 20.0 Å². The molecule has 0 atom stereocenters. The maximum Gasteiger partial charge on any atom is 0.401 e. The van der Waals surface area contributed by atoms with Gasteiger partial charge in [0.2, 0.25) is 0 Å². The van der Waals surface area contributed by atoms with Gasteiger partial charge in [-0.1, -0.05) is 0 Å². The number of aromatic nitrogens is 1. The normalized spacial score (nSPS) is 17.3. The van der Waals surface area contributed by atoms with E-state index in [-0.39, 0.29) is 0 Å². The number of rotatable bonds is 4. The molecular formula is C14H21F3N4. The molecule has 0 saturated carbocycles. The third-order valence-electron chi connectivity index (χ3n) is 3.58. The molecule has 2 rings (SSSR count). The van der Waals surface area contributed by atoms with Crippen molar-refractivity contribution in [2.45, 2.75) is 19.6 Å². The lowest BCUT2D eigenvalue weighted by atomic mass is 10.1. The molecule has 1 aromatic heterocycles. The second-order valence-electron chi connectivity index (χ2n) is 5.36. The van der Waals surface area contributed by atoms with E-state index in [0.29, 0.717) is 32.7 Å². The largest absolute Gasteiger partial charge is 0.401 e. The molecule has 0 spiro atoms. The van der Waals surface area contributed by atoms with E-state index in [4.69, 9.17) is 0 Å². The van der Waals surface area contributed by atoms with E-state index in [0.717, 1.165) is 16.9 Å². The van der Waals surface area contributed by atoms with Gasteiger partial charge in [0.25, 0.3) is 0 Å². The van der Waals surface area contributed by atoms with Crippen LogP contribution in [0.25, 0.3) is 0 Å². The number of alkyl halides is 3. The first-order valence-electron chi connectivity index (χ1n) is 7.03. The van der Waals surface area contributed by atoms with Gasteiger partial charge in [0.1, 0.15) is 0 Å². The SMILES string of the molecule is CNCc1cnc(C)cc1N1CCN(CC(F)(F)F)CC1. The molecule has 0 bridgehead atoms. The number of aryl methyl sites for hydroxylation is 1. The van der Waals surface area contributed by atoms with Crippen LogP contribution in [0.3, 0.4) is 0 Å². The Kier molecular flexibility index (Phi) is 5.05. The Balaban J connectivity index is 2.03. The first-order valence-corrected chi connectivity index (χ1v) is 7.03. The maximum absolute atomic E-state index is 12.4. The molecule has 4 nitrogen and oxygen atoms in total. The van der Waals surface area contributed by atoms with Crippen molar-refractivity contribution in [3.63, 3.8) is 0 Å². The Bertz CT molecular complexity index is 468. The van der Waals surface area contributed by atoms with E-state index < -0.39 is 12.7 Å². The minimum atomic E-state index is -4.12. The predicted molar refractivity (Wildman–Crippen MR) is 76.4 cm³/mol. The number of hydrogen-bond acceptors (Lipinski definition) is 4. The van der Waals surface area contributed by atoms with Crippen LogP contribution in [-0.2, 0) is 6.54 Å². The Labute approximate surface area is 122 Å². The third-order valence-corrected chi connectivity index (χ3v) is 3.58. The van der Waals surface area contributed by atoms with E-state index in [1.165, 1.54) is 4.90 Å². The Morgan fingerprint density at radius 3 is 2.48 bits per heavy atom. The zero-order valence-corrected chi connectivity index (χ0v) is 12.4. The maximum atomic E-state index is 12.4. The van der Waals surface area contributed by atoms with Crippen molar-refractivity contribution in [3.8, 4) is 0 Å². The summed E-state index contributed by atoms with van der Waals surface area (Å²) in [4.78, 5) is 7.90. The van der Waals surface area contributed by atoms with Crippen LogP contribution in [0.1, 0.15) is 11.3 Å². The molecule has 0 amide bonds. The lowest BCUT2D eigenvalue weighted by Gasteiger charge is -2.37. The molecule has 21 heavy (non-hydrogen) atoms. The highest BCUT2D eigenvalue weighted by atomic mass is 19.4. The Morgan fingerprint density at radius 1 is 1.24 bits per heavy atom. The summed E-state index contributed by atoms with van der Waals surface area (Å²) in [6.45, 7) is 3.88. The fraction of sp³-hybridized carbons (Fsp3) is 0.643. The molecular weight excluding hydrogens is 281 g/mol. The summed E-state index contributed by atoms with van der Waals surface area (Å²) >= 11 is 0. The van der Waals surface area contributed by atoms with Crippen LogP contribution in [-0.4, -0.2) is 55.8 Å². The molecule has 7 heteroatoms. The number of nitrogens with one attached hydrogen (secondary N) is 1. The van der Waals surface area contributed by atoms with Gasteiger partial charge in [0.15, 0.2) is 0 Å². The van der Waals surface area contributed by atoms with E-state index in [1.807, 2.05) is 26.2 Å². The summed E-state index contributed by atoms with van der Waals surface area (Å²) in [5, 5.41) is 3.10. The molecule has 0 aliphatic carbocycles. The van der Waals surface area contributed by atoms with Gasteiger partial charge in [-0.2, -0.15) is 13.2 Å². The number of piperazine rings is 1. The van der Waals surface area contributed by atoms with Crippen LogP contribution in [0.2, 0.25) is 0 Å². The zero-order chi connectivity index (χ0) is 15.5. The summed E-state index contributed by atoms with van der Waals surface area (Å²) in [6.07, 6.45) is -2.28. The molecule has 118 valence electrons. The highest BCUT2D eigenvalue weighted by Gasteiger charge is 2.32. The fourth-order valence-corrected chi connectivity index (χ4v) is 2.60. The average Bonchev–Trinajstić information content (AvgIpc) is 2.40. The first kappa shape index (κ1) is 16.0. The van der Waals surface area contributed by atoms with E-state index in [9.17, 15) is 13.2 Å². The quantitative estimate of drug-likeness (QED) is 0.919. The van der Waals surface area contributed by atoms with Gasteiger partial charge in [-0.25, -0.2) is 0 Å². The van der Waals surface area contributed by atoms with Crippen LogP contribution in [0.4, 0.5) is 18.9 Å². The molecule has 1 fully saturated rings. The van der Waals surface area contributed by atoms with Crippen LogP contribution < -0.4 is 10.2 Å². The molecule has 1 saturated heterocycles. The number of hydrogen-bond donors (Lipinski definition) is 1. The molecule has 1 aromatic rings. The number of halogens is 3. The first-order chi connectivity index (χ1) is 9.89. The van der Waals surface area contributed by atoms with Gasteiger partial charge in [0, 0.05) is 55.9 Å². The van der Waals surface area contributed by atoms with Crippen LogP contribution in [0.5, 0.6) is 0 Å². The number of pyridine rings is 1. The smallest absolute Gasteiger partial charge is 0.369 e. The lowest BCUT2D eigenvalue weighted by molar-refractivity contribution is -0.146. The summed E-state index contributed by atoms with van der Waals surface area (Å²) < 4.78 is 37.2. The van der Waals surface area contributed by atoms with Crippen LogP contribution >= 0.6 is 0 Å². The summed E-state index contributed by atoms with van der Waals surface area (Å²) in [5.41, 5.74) is 3.07. The lowest BCUT2D eigenvalue weighted by Crippen LogP contribution is -2.49. The van der Waals surface area contributed by atoms with Crippen molar-refractivity contribution in [2.75, 3.05) is 44.7 Å². The van der Waals surface area contributed by atoms with Crippen molar-refractivity contribution < 1.29 is 13.2 Å². The topological polar surface area (TPSA) is 31.4 Å². The minimum Gasteiger partial charge on any atom is -0.369 e. The van der Waals surface area contributed by atoms with Gasteiger partial charge in [0.05, 0.1) is 6.54 Å². The van der Waals surface area contributed by atoms with Crippen molar-refractivity contribution in [1.82, 2.24) is 15.2 Å². The van der Waals surface area contributed by atoms with Gasteiger partial charge < -0.3 is 10.2 Å². The standard InChI is InChI=1S/C14H21F3N4/c1-11-7-13(12(8-18-2)9-19-11)21-5-3-20(4-6-21)10-14(15,16)17/h7,9,18H,3-6,8,10H2,1-2H3. The van der Waals surface area contributed by atoms with Crippen LogP contribution in [0, 0.1) is 6.92 Å². The monoisotopic (exact) mass is 302 g/mol. The van der Waals surface area contributed by atoms with Crippen molar-refractivity contribution in [2.24, 2.45) is 0 Å². The molecule has 1 aliphatic heterocycles. The highest BCUT2D eigenvalue weighted by Crippen LogP contribution is 2.24. The zero-order valence-electron chi connectivity index (χ0n) is 12.4. The van der Waals surface area contributed by atoms with E-state index in [2.05, 4.69) is 15.2 Å². The predicted octanol–water partition coefficient (Wildman–Crippen LogP) is 1.79. The molecule has 2 heterocycles. The molecule has 0 radical (unpaired) electrons. The van der Waals surface area contributed by atoms with Crippen LogP contribution in [0.15, 0.2) is 12.3 Å². The molecule has 0 aromatic carbocycles. The summed E-state index contributed by atoms with van der Waals surface area (Å²) in [7, 11) is 1.87.